The van der Waals surface area contributed by atoms with Crippen LogP contribution in [0.1, 0.15) is 17.5 Å². The monoisotopic (exact) mass is 201 g/mol. The van der Waals surface area contributed by atoms with Gasteiger partial charge in [-0.3, -0.25) is 0 Å². The summed E-state index contributed by atoms with van der Waals surface area (Å²) in [5, 5.41) is 25.7. The molecule has 0 saturated heterocycles. The highest BCUT2D eigenvalue weighted by molar-refractivity contribution is 6.05. The Balaban J connectivity index is 2.93. The SMILES string of the molecule is CN=CCC(=N)c1ccc(C#N)c(O)c1. The first-order valence-electron chi connectivity index (χ1n) is 4.40. The highest BCUT2D eigenvalue weighted by atomic mass is 16.3. The largest absolute Gasteiger partial charge is 0.507 e. The van der Waals surface area contributed by atoms with Crippen LogP contribution in [0.2, 0.25) is 0 Å². The number of hydrogen-bond donors (Lipinski definition) is 2. The number of phenols is 1. The van der Waals surface area contributed by atoms with Crippen molar-refractivity contribution >= 4 is 11.9 Å². The highest BCUT2D eigenvalue weighted by Crippen LogP contribution is 2.18. The van der Waals surface area contributed by atoms with Crippen LogP contribution in [0, 0.1) is 16.7 Å². The van der Waals surface area contributed by atoms with Crippen LogP contribution in [0.4, 0.5) is 0 Å². The Morgan fingerprint density at radius 1 is 1.67 bits per heavy atom. The van der Waals surface area contributed by atoms with Gasteiger partial charge in [-0.15, -0.1) is 0 Å². The lowest BCUT2D eigenvalue weighted by atomic mass is 10.1. The third-order valence-corrected chi connectivity index (χ3v) is 1.94. The van der Waals surface area contributed by atoms with E-state index in [0.717, 1.165) is 0 Å². The molecule has 0 atom stereocenters. The van der Waals surface area contributed by atoms with E-state index in [-0.39, 0.29) is 11.3 Å². The van der Waals surface area contributed by atoms with Crippen LogP contribution in [-0.4, -0.2) is 24.1 Å². The number of aliphatic imine (C=N–C) groups is 1. The van der Waals surface area contributed by atoms with Gasteiger partial charge >= 0.3 is 0 Å². The number of nitrogens with zero attached hydrogens (tertiary/aromatic N) is 2. The van der Waals surface area contributed by atoms with Gasteiger partial charge < -0.3 is 15.5 Å². The van der Waals surface area contributed by atoms with Gasteiger partial charge in [0.1, 0.15) is 11.8 Å². The van der Waals surface area contributed by atoms with E-state index in [2.05, 4.69) is 4.99 Å². The van der Waals surface area contributed by atoms with E-state index in [1.54, 1.807) is 19.3 Å². The fourth-order valence-electron chi connectivity index (χ4n) is 1.11. The average Bonchev–Trinajstić information content (AvgIpc) is 2.25. The molecule has 2 N–H and O–H groups in total. The van der Waals surface area contributed by atoms with Gasteiger partial charge in [0.15, 0.2) is 0 Å². The molecule has 0 fully saturated rings. The molecule has 0 unspecified atom stereocenters. The predicted octanol–water partition coefficient (Wildman–Crippen LogP) is 1.72. The average molecular weight is 201 g/mol. The molecule has 0 saturated carbocycles. The summed E-state index contributed by atoms with van der Waals surface area (Å²) in [5.41, 5.74) is 1.18. The molecule has 0 heterocycles. The van der Waals surface area contributed by atoms with E-state index in [4.69, 9.17) is 10.7 Å². The molecule has 0 aliphatic carbocycles. The zero-order chi connectivity index (χ0) is 11.3. The number of phenolic OH excluding ortho intramolecular Hbond substituents is 1. The molecule has 4 heteroatoms. The summed E-state index contributed by atoms with van der Waals surface area (Å²) in [6.45, 7) is 0. The van der Waals surface area contributed by atoms with E-state index in [1.807, 2.05) is 6.07 Å². The maximum atomic E-state index is 9.41. The molecule has 0 amide bonds. The highest BCUT2D eigenvalue weighted by Gasteiger charge is 2.04. The van der Waals surface area contributed by atoms with Crippen molar-refractivity contribution in [3.63, 3.8) is 0 Å². The fraction of sp³-hybridized carbons (Fsp3) is 0.182. The molecule has 1 aromatic rings. The topological polar surface area (TPSA) is 80.2 Å². The molecular weight excluding hydrogens is 190 g/mol. The van der Waals surface area contributed by atoms with Crippen LogP contribution in [0.5, 0.6) is 5.75 Å². The maximum Gasteiger partial charge on any atom is 0.133 e. The van der Waals surface area contributed by atoms with Crippen LogP contribution < -0.4 is 0 Å². The van der Waals surface area contributed by atoms with Gasteiger partial charge in [-0.1, -0.05) is 6.07 Å². The zero-order valence-electron chi connectivity index (χ0n) is 8.36. The Labute approximate surface area is 88.0 Å². The Bertz CT molecular complexity index is 444. The van der Waals surface area contributed by atoms with E-state index in [1.165, 1.54) is 12.1 Å². The zero-order valence-corrected chi connectivity index (χ0v) is 8.36. The molecule has 0 aliphatic heterocycles. The van der Waals surface area contributed by atoms with Gasteiger partial charge in [-0.25, -0.2) is 0 Å². The summed E-state index contributed by atoms with van der Waals surface area (Å²) in [7, 11) is 1.64. The van der Waals surface area contributed by atoms with Gasteiger partial charge in [-0.2, -0.15) is 5.26 Å². The minimum Gasteiger partial charge on any atom is -0.507 e. The Kier molecular flexibility index (Phi) is 3.58. The van der Waals surface area contributed by atoms with Crippen molar-refractivity contribution in [3.05, 3.63) is 29.3 Å². The molecule has 0 aliphatic rings. The first kappa shape index (κ1) is 10.9. The number of nitrogens with one attached hydrogen (secondary N) is 1. The van der Waals surface area contributed by atoms with E-state index in [0.29, 0.717) is 17.7 Å². The van der Waals surface area contributed by atoms with Crippen molar-refractivity contribution in [2.45, 2.75) is 6.42 Å². The minimum absolute atomic E-state index is 0.0896. The molecule has 4 nitrogen and oxygen atoms in total. The Morgan fingerprint density at radius 2 is 2.40 bits per heavy atom. The molecule has 1 aromatic carbocycles. The van der Waals surface area contributed by atoms with Crippen LogP contribution in [0.15, 0.2) is 23.2 Å². The molecule has 15 heavy (non-hydrogen) atoms. The second kappa shape index (κ2) is 4.91. The minimum atomic E-state index is -0.0896. The standard InChI is InChI=1S/C11H11N3O/c1-14-5-4-10(13)8-2-3-9(7-12)11(15)6-8/h2-3,5-6,13,15H,4H2,1H3. The summed E-state index contributed by atoms with van der Waals surface area (Å²) in [6, 6.07) is 6.42. The van der Waals surface area contributed by atoms with Gasteiger partial charge in [0.2, 0.25) is 0 Å². The lowest BCUT2D eigenvalue weighted by Gasteiger charge is -2.02. The van der Waals surface area contributed by atoms with Crippen molar-refractivity contribution in [1.29, 1.82) is 10.7 Å². The van der Waals surface area contributed by atoms with Gasteiger partial charge in [0, 0.05) is 25.4 Å². The van der Waals surface area contributed by atoms with Crippen molar-refractivity contribution in [2.24, 2.45) is 4.99 Å². The number of nitriles is 1. The lowest BCUT2D eigenvalue weighted by Crippen LogP contribution is -1.99. The van der Waals surface area contributed by atoms with E-state index >= 15 is 0 Å². The number of rotatable bonds is 3. The van der Waals surface area contributed by atoms with Crippen LogP contribution in [0.3, 0.4) is 0 Å². The number of benzene rings is 1. The van der Waals surface area contributed by atoms with Crippen LogP contribution in [-0.2, 0) is 0 Å². The third-order valence-electron chi connectivity index (χ3n) is 1.94. The number of aromatic hydroxyl groups is 1. The summed E-state index contributed by atoms with van der Waals surface area (Å²) < 4.78 is 0. The first-order valence-corrected chi connectivity index (χ1v) is 4.40. The molecule has 0 spiro atoms. The normalized spacial score (nSPS) is 10.1. The van der Waals surface area contributed by atoms with Gasteiger partial charge in [0.25, 0.3) is 0 Å². The quantitative estimate of drug-likeness (QED) is 0.730. The van der Waals surface area contributed by atoms with Crippen molar-refractivity contribution < 1.29 is 5.11 Å². The number of hydrogen-bond acceptors (Lipinski definition) is 4. The van der Waals surface area contributed by atoms with Crippen LogP contribution >= 0.6 is 0 Å². The summed E-state index contributed by atoms with van der Waals surface area (Å²) in [4.78, 5) is 3.78. The lowest BCUT2D eigenvalue weighted by molar-refractivity contribution is 0.473. The molecule has 0 radical (unpaired) electrons. The van der Waals surface area contributed by atoms with Gasteiger partial charge in [0.05, 0.1) is 5.56 Å². The second-order valence-corrected chi connectivity index (χ2v) is 2.97. The molecular formula is C11H11N3O. The smallest absolute Gasteiger partial charge is 0.133 e. The fourth-order valence-corrected chi connectivity index (χ4v) is 1.11. The van der Waals surface area contributed by atoms with Crippen molar-refractivity contribution in [2.75, 3.05) is 7.05 Å². The van der Waals surface area contributed by atoms with Crippen molar-refractivity contribution in [3.8, 4) is 11.8 Å². The molecule has 0 aromatic heterocycles. The van der Waals surface area contributed by atoms with E-state index in [9.17, 15) is 5.11 Å². The Hall–Kier alpha value is -2.15. The summed E-state index contributed by atoms with van der Waals surface area (Å²) in [6.07, 6.45) is 2.04. The predicted molar refractivity (Wildman–Crippen MR) is 58.7 cm³/mol. The van der Waals surface area contributed by atoms with Crippen molar-refractivity contribution in [1.82, 2.24) is 0 Å². The Morgan fingerprint density at radius 3 is 2.93 bits per heavy atom. The summed E-state index contributed by atoms with van der Waals surface area (Å²) in [5.74, 6) is -0.0896. The third kappa shape index (κ3) is 2.64. The summed E-state index contributed by atoms with van der Waals surface area (Å²) >= 11 is 0. The molecule has 76 valence electrons. The second-order valence-electron chi connectivity index (χ2n) is 2.97. The van der Waals surface area contributed by atoms with Crippen LogP contribution in [0.25, 0.3) is 0 Å². The molecule has 0 bridgehead atoms. The van der Waals surface area contributed by atoms with E-state index < -0.39 is 0 Å². The maximum absolute atomic E-state index is 9.41. The molecule has 1 rings (SSSR count). The van der Waals surface area contributed by atoms with Gasteiger partial charge in [-0.05, 0) is 17.7 Å². The first-order chi connectivity index (χ1) is 7.19.